The van der Waals surface area contributed by atoms with E-state index in [2.05, 4.69) is 50.4 Å². The highest BCUT2D eigenvalue weighted by molar-refractivity contribution is 5.38. The van der Waals surface area contributed by atoms with Gasteiger partial charge in [0, 0.05) is 5.56 Å². The Hall–Kier alpha value is -1.54. The van der Waals surface area contributed by atoms with E-state index in [1.807, 2.05) is 13.8 Å². The van der Waals surface area contributed by atoms with E-state index in [0.717, 1.165) is 18.1 Å². The van der Waals surface area contributed by atoms with Gasteiger partial charge in [0.2, 0.25) is 0 Å². The molecular weight excluding hydrogens is 234 g/mol. The summed E-state index contributed by atoms with van der Waals surface area (Å²) in [5, 5.41) is 3.56. The predicted molar refractivity (Wildman–Crippen MR) is 79.6 cm³/mol. The van der Waals surface area contributed by atoms with E-state index in [0.29, 0.717) is 0 Å². The minimum absolute atomic E-state index is 0.210. The second kappa shape index (κ2) is 5.62. The molecular formula is C17H23NO. The number of rotatable bonds is 4. The molecule has 0 fully saturated rings. The lowest BCUT2D eigenvalue weighted by Crippen LogP contribution is -2.22. The third-order valence-electron chi connectivity index (χ3n) is 3.66. The van der Waals surface area contributed by atoms with Gasteiger partial charge >= 0.3 is 0 Å². The smallest absolute Gasteiger partial charge is 0.106 e. The Morgan fingerprint density at radius 3 is 2.32 bits per heavy atom. The molecule has 2 heteroatoms. The normalized spacial score (nSPS) is 12.7. The average molecular weight is 257 g/mol. The van der Waals surface area contributed by atoms with Crippen LogP contribution in [0.15, 0.2) is 28.7 Å². The molecule has 0 bridgehead atoms. The van der Waals surface area contributed by atoms with E-state index in [4.69, 9.17) is 4.42 Å². The lowest BCUT2D eigenvalue weighted by atomic mass is 9.95. The molecule has 1 aromatic carbocycles. The van der Waals surface area contributed by atoms with E-state index in [1.54, 1.807) is 0 Å². The lowest BCUT2D eigenvalue weighted by Gasteiger charge is -2.19. The molecule has 0 radical (unpaired) electrons. The summed E-state index contributed by atoms with van der Waals surface area (Å²) in [6.45, 7) is 11.4. The summed E-state index contributed by atoms with van der Waals surface area (Å²) in [6.07, 6.45) is 0. The highest BCUT2D eigenvalue weighted by atomic mass is 16.3. The van der Waals surface area contributed by atoms with E-state index >= 15 is 0 Å². The molecule has 102 valence electrons. The minimum Gasteiger partial charge on any atom is -0.466 e. The maximum absolute atomic E-state index is 5.68. The van der Waals surface area contributed by atoms with E-state index in [1.165, 1.54) is 22.3 Å². The highest BCUT2D eigenvalue weighted by Gasteiger charge is 2.18. The molecule has 2 nitrogen and oxygen atoms in total. The molecule has 0 amide bonds. The molecule has 0 saturated heterocycles. The number of nitrogens with one attached hydrogen (secondary N) is 1. The number of hydrogen-bond acceptors (Lipinski definition) is 2. The number of aryl methyl sites for hydroxylation is 4. The van der Waals surface area contributed by atoms with Gasteiger partial charge in [0.15, 0.2) is 0 Å². The largest absolute Gasteiger partial charge is 0.466 e. The zero-order valence-corrected chi connectivity index (χ0v) is 12.5. The summed E-state index contributed by atoms with van der Waals surface area (Å²) in [6, 6.07) is 9.01. The van der Waals surface area contributed by atoms with Gasteiger partial charge in [0.25, 0.3) is 0 Å². The Morgan fingerprint density at radius 1 is 1.05 bits per heavy atom. The molecule has 1 N–H and O–H groups in total. The van der Waals surface area contributed by atoms with Crippen molar-refractivity contribution in [1.82, 2.24) is 5.32 Å². The fourth-order valence-electron chi connectivity index (χ4n) is 2.49. The van der Waals surface area contributed by atoms with Gasteiger partial charge in [-0.15, -0.1) is 0 Å². The SMILES string of the molecule is CCNC(c1ccc(C)c(C)c1)c1cc(C)oc1C. The van der Waals surface area contributed by atoms with Gasteiger partial charge in [-0.05, 0) is 57.0 Å². The molecule has 1 atom stereocenters. The van der Waals surface area contributed by atoms with Crippen molar-refractivity contribution in [3.8, 4) is 0 Å². The van der Waals surface area contributed by atoms with Crippen LogP contribution in [0.1, 0.15) is 46.7 Å². The molecule has 1 heterocycles. The summed E-state index contributed by atoms with van der Waals surface area (Å²) >= 11 is 0. The van der Waals surface area contributed by atoms with Crippen molar-refractivity contribution in [2.45, 2.75) is 40.7 Å². The molecule has 1 aromatic heterocycles. The average Bonchev–Trinajstić information content (AvgIpc) is 2.69. The molecule has 0 aliphatic carbocycles. The summed E-state index contributed by atoms with van der Waals surface area (Å²) in [4.78, 5) is 0. The van der Waals surface area contributed by atoms with Crippen LogP contribution in [0, 0.1) is 27.7 Å². The first kappa shape index (κ1) is 13.9. The summed E-state index contributed by atoms with van der Waals surface area (Å²) in [7, 11) is 0. The van der Waals surface area contributed by atoms with Gasteiger partial charge in [-0.3, -0.25) is 0 Å². The Morgan fingerprint density at radius 2 is 1.79 bits per heavy atom. The maximum atomic E-state index is 5.68. The first-order valence-electron chi connectivity index (χ1n) is 6.90. The molecule has 0 saturated carbocycles. The topological polar surface area (TPSA) is 25.2 Å². The number of hydrogen-bond donors (Lipinski definition) is 1. The summed E-state index contributed by atoms with van der Waals surface area (Å²) in [5.74, 6) is 1.97. The van der Waals surface area contributed by atoms with Crippen LogP contribution in [-0.4, -0.2) is 6.54 Å². The van der Waals surface area contributed by atoms with Crippen LogP contribution >= 0.6 is 0 Å². The van der Waals surface area contributed by atoms with Gasteiger partial charge in [-0.1, -0.05) is 25.1 Å². The molecule has 2 aromatic rings. The van der Waals surface area contributed by atoms with Crippen molar-refractivity contribution in [1.29, 1.82) is 0 Å². The van der Waals surface area contributed by atoms with Crippen molar-refractivity contribution < 1.29 is 4.42 Å². The molecule has 19 heavy (non-hydrogen) atoms. The van der Waals surface area contributed by atoms with Crippen LogP contribution in [0.25, 0.3) is 0 Å². The number of furan rings is 1. The fourth-order valence-corrected chi connectivity index (χ4v) is 2.49. The van der Waals surface area contributed by atoms with Crippen molar-refractivity contribution >= 4 is 0 Å². The second-order valence-electron chi connectivity index (χ2n) is 5.20. The quantitative estimate of drug-likeness (QED) is 0.887. The Balaban J connectivity index is 2.44. The number of benzene rings is 1. The van der Waals surface area contributed by atoms with E-state index in [-0.39, 0.29) is 6.04 Å². The second-order valence-corrected chi connectivity index (χ2v) is 5.20. The van der Waals surface area contributed by atoms with Crippen LogP contribution in [0.2, 0.25) is 0 Å². The van der Waals surface area contributed by atoms with Crippen LogP contribution < -0.4 is 5.32 Å². The zero-order chi connectivity index (χ0) is 14.0. The van der Waals surface area contributed by atoms with Crippen LogP contribution in [-0.2, 0) is 0 Å². The van der Waals surface area contributed by atoms with Crippen molar-refractivity contribution in [2.75, 3.05) is 6.54 Å². The van der Waals surface area contributed by atoms with Crippen molar-refractivity contribution in [3.63, 3.8) is 0 Å². The monoisotopic (exact) mass is 257 g/mol. The Kier molecular flexibility index (Phi) is 4.11. The Bertz CT molecular complexity index is 569. The highest BCUT2D eigenvalue weighted by Crippen LogP contribution is 2.28. The summed E-state index contributed by atoms with van der Waals surface area (Å²) in [5.41, 5.74) is 5.20. The molecule has 0 aliphatic heterocycles. The first-order valence-corrected chi connectivity index (χ1v) is 6.90. The predicted octanol–water partition coefficient (Wildman–Crippen LogP) is 4.21. The van der Waals surface area contributed by atoms with Crippen molar-refractivity contribution in [3.05, 3.63) is 58.0 Å². The maximum Gasteiger partial charge on any atom is 0.106 e. The zero-order valence-electron chi connectivity index (χ0n) is 12.5. The van der Waals surface area contributed by atoms with E-state index < -0.39 is 0 Å². The van der Waals surface area contributed by atoms with Gasteiger partial charge in [-0.25, -0.2) is 0 Å². The Labute approximate surface area is 115 Å². The van der Waals surface area contributed by atoms with Crippen LogP contribution in [0.4, 0.5) is 0 Å². The molecule has 2 rings (SSSR count). The van der Waals surface area contributed by atoms with Crippen molar-refractivity contribution in [2.24, 2.45) is 0 Å². The van der Waals surface area contributed by atoms with Gasteiger partial charge in [0.1, 0.15) is 11.5 Å². The third-order valence-corrected chi connectivity index (χ3v) is 3.66. The van der Waals surface area contributed by atoms with Crippen LogP contribution in [0.3, 0.4) is 0 Å². The van der Waals surface area contributed by atoms with Gasteiger partial charge in [0.05, 0.1) is 6.04 Å². The molecule has 0 aliphatic rings. The minimum atomic E-state index is 0.210. The fraction of sp³-hybridized carbons (Fsp3) is 0.412. The first-order chi connectivity index (χ1) is 9.02. The standard InChI is InChI=1S/C17H23NO/c1-6-18-17(16-10-13(4)19-14(16)5)15-8-7-11(2)12(3)9-15/h7-10,17-18H,6H2,1-5H3. The van der Waals surface area contributed by atoms with Gasteiger partial charge in [-0.2, -0.15) is 0 Å². The summed E-state index contributed by atoms with van der Waals surface area (Å²) < 4.78 is 5.68. The molecule has 0 spiro atoms. The van der Waals surface area contributed by atoms with Gasteiger partial charge < -0.3 is 9.73 Å². The third kappa shape index (κ3) is 2.90. The lowest BCUT2D eigenvalue weighted by molar-refractivity contribution is 0.495. The molecule has 1 unspecified atom stereocenters. The van der Waals surface area contributed by atoms with Crippen LogP contribution in [0.5, 0.6) is 0 Å². The van der Waals surface area contributed by atoms with E-state index in [9.17, 15) is 0 Å².